The number of carbonyl (C=O) groups excluding carboxylic acids is 1. The highest BCUT2D eigenvalue weighted by atomic mass is 16.1. The molecule has 2 aliphatic carbocycles. The van der Waals surface area contributed by atoms with Crippen LogP contribution in [-0.4, -0.2) is 36.5 Å². The zero-order valence-corrected chi connectivity index (χ0v) is 28.5. The molecule has 3 nitrogen and oxygen atoms in total. The Bertz CT molecular complexity index is 1230. The van der Waals surface area contributed by atoms with E-state index in [1.54, 1.807) is 11.1 Å². The molecule has 3 aliphatic rings. The second-order valence-corrected chi connectivity index (χ2v) is 16.7. The molecular formula is C39H60N2O. The Morgan fingerprint density at radius 2 is 1.76 bits per heavy atom. The van der Waals surface area contributed by atoms with E-state index in [-0.39, 0.29) is 27.6 Å². The number of hydrogen-bond acceptors (Lipinski definition) is 2. The van der Waals surface area contributed by atoms with Crippen molar-refractivity contribution >= 4 is 5.91 Å². The minimum atomic E-state index is -0.0391. The van der Waals surface area contributed by atoms with Crippen LogP contribution in [0, 0.1) is 29.1 Å². The average molecular weight is 573 g/mol. The molecule has 1 aliphatic heterocycles. The highest BCUT2D eigenvalue weighted by Crippen LogP contribution is 2.56. The Morgan fingerprint density at radius 1 is 1.05 bits per heavy atom. The van der Waals surface area contributed by atoms with Gasteiger partial charge in [0, 0.05) is 36.9 Å². The first-order chi connectivity index (χ1) is 19.5. The van der Waals surface area contributed by atoms with Gasteiger partial charge >= 0.3 is 0 Å². The topological polar surface area (TPSA) is 32.3 Å². The van der Waals surface area contributed by atoms with Crippen LogP contribution in [0.25, 0.3) is 0 Å². The van der Waals surface area contributed by atoms with E-state index in [2.05, 4.69) is 110 Å². The quantitative estimate of drug-likeness (QED) is 0.269. The third-order valence-corrected chi connectivity index (χ3v) is 11.2. The van der Waals surface area contributed by atoms with Gasteiger partial charge in [-0.15, -0.1) is 0 Å². The Balaban J connectivity index is 1.46. The van der Waals surface area contributed by atoms with Gasteiger partial charge in [-0.2, -0.15) is 0 Å². The van der Waals surface area contributed by atoms with Gasteiger partial charge < -0.3 is 5.32 Å². The fourth-order valence-electron chi connectivity index (χ4n) is 8.24. The molecule has 0 aromatic heterocycles. The number of likely N-dealkylation sites (tertiary alicyclic amines) is 1. The number of fused-ring (bicyclic) bond motifs is 1. The Kier molecular flexibility index (Phi) is 9.44. The van der Waals surface area contributed by atoms with Gasteiger partial charge in [-0.25, -0.2) is 0 Å². The molecule has 1 aromatic carbocycles. The molecule has 0 radical (unpaired) electrons. The van der Waals surface area contributed by atoms with Crippen LogP contribution in [0.4, 0.5) is 0 Å². The summed E-state index contributed by atoms with van der Waals surface area (Å²) in [7, 11) is 0. The van der Waals surface area contributed by atoms with Gasteiger partial charge in [-0.1, -0.05) is 97.1 Å². The number of hydrogen-bond donors (Lipinski definition) is 1. The van der Waals surface area contributed by atoms with Crippen molar-refractivity contribution in [1.82, 2.24) is 10.2 Å². The lowest BCUT2D eigenvalue weighted by Gasteiger charge is -2.59. The maximum Gasteiger partial charge on any atom is 0.220 e. The van der Waals surface area contributed by atoms with E-state index in [4.69, 9.17) is 0 Å². The fraction of sp³-hybridized carbons (Fsp3) is 0.667. The van der Waals surface area contributed by atoms with E-state index in [1.165, 1.54) is 41.5 Å². The molecule has 3 unspecified atom stereocenters. The van der Waals surface area contributed by atoms with Gasteiger partial charge in [0.15, 0.2) is 0 Å². The molecule has 1 aromatic rings. The van der Waals surface area contributed by atoms with Gasteiger partial charge in [-0.05, 0) is 104 Å². The summed E-state index contributed by atoms with van der Waals surface area (Å²) < 4.78 is 0. The zero-order chi connectivity index (χ0) is 31.1. The molecule has 3 atom stereocenters. The second kappa shape index (κ2) is 12.1. The molecule has 1 saturated heterocycles. The molecule has 1 heterocycles. The van der Waals surface area contributed by atoms with Crippen LogP contribution >= 0.6 is 0 Å². The van der Waals surface area contributed by atoms with Crippen LogP contribution in [0.15, 0.2) is 48.6 Å². The van der Waals surface area contributed by atoms with E-state index in [9.17, 15) is 4.79 Å². The number of benzene rings is 1. The predicted molar refractivity (Wildman–Crippen MR) is 180 cm³/mol. The van der Waals surface area contributed by atoms with E-state index >= 15 is 0 Å². The van der Waals surface area contributed by atoms with Crippen LogP contribution in [0.3, 0.4) is 0 Å². The Morgan fingerprint density at radius 3 is 2.43 bits per heavy atom. The van der Waals surface area contributed by atoms with Crippen LogP contribution in [0.1, 0.15) is 116 Å². The van der Waals surface area contributed by atoms with Crippen molar-refractivity contribution in [3.63, 3.8) is 0 Å². The number of carbonyl (C=O) groups is 1. The zero-order valence-electron chi connectivity index (χ0n) is 28.5. The molecule has 0 saturated carbocycles. The first-order valence-electron chi connectivity index (χ1n) is 16.6. The van der Waals surface area contributed by atoms with E-state index < -0.39 is 0 Å². The summed E-state index contributed by atoms with van der Waals surface area (Å²) >= 11 is 0. The van der Waals surface area contributed by atoms with Crippen LogP contribution in [0.2, 0.25) is 0 Å². The van der Waals surface area contributed by atoms with Crippen molar-refractivity contribution in [3.8, 4) is 0 Å². The first kappa shape index (κ1) is 32.8. The molecule has 1 amide bonds. The SMILES string of the molecule is C=C(C)Cc1ccc2c(c1C)C13CCC=CC1C(C2)N(CC(C)(C)C(C)(C)CNC(=O)CCC(=C)CC(C)(C)C)CC3. The number of allylic oxidation sites excluding steroid dienone is 3. The van der Waals surface area contributed by atoms with Crippen LogP contribution < -0.4 is 5.32 Å². The molecule has 3 heteroatoms. The number of nitrogens with one attached hydrogen (secondary N) is 1. The fourth-order valence-corrected chi connectivity index (χ4v) is 8.24. The highest BCUT2D eigenvalue weighted by Gasteiger charge is 2.54. The molecule has 0 spiro atoms. The molecule has 232 valence electrons. The average Bonchev–Trinajstić information content (AvgIpc) is 2.88. The van der Waals surface area contributed by atoms with E-state index in [1.807, 2.05) is 0 Å². The maximum absolute atomic E-state index is 12.8. The van der Waals surface area contributed by atoms with E-state index in [0.29, 0.717) is 24.9 Å². The van der Waals surface area contributed by atoms with Crippen molar-refractivity contribution in [1.29, 1.82) is 0 Å². The van der Waals surface area contributed by atoms with E-state index in [0.717, 1.165) is 38.8 Å². The number of nitrogens with zero attached hydrogens (tertiary/aromatic N) is 1. The van der Waals surface area contributed by atoms with Gasteiger partial charge in [0.1, 0.15) is 0 Å². The lowest BCUT2D eigenvalue weighted by molar-refractivity contribution is -0.122. The highest BCUT2D eigenvalue weighted by molar-refractivity contribution is 5.76. The van der Waals surface area contributed by atoms with Crippen LogP contribution in [0.5, 0.6) is 0 Å². The summed E-state index contributed by atoms with van der Waals surface area (Å²) in [4.78, 5) is 15.6. The second-order valence-electron chi connectivity index (χ2n) is 16.7. The normalized spacial score (nSPS) is 24.1. The lowest BCUT2D eigenvalue weighted by Crippen LogP contribution is -2.62. The molecular weight excluding hydrogens is 512 g/mol. The lowest BCUT2D eigenvalue weighted by atomic mass is 9.52. The number of piperidine rings is 1. The number of rotatable bonds is 11. The minimum Gasteiger partial charge on any atom is -0.356 e. The Hall–Kier alpha value is -2.13. The van der Waals surface area contributed by atoms with Crippen molar-refractivity contribution in [2.75, 3.05) is 19.6 Å². The molecule has 1 fully saturated rings. The molecule has 4 rings (SSSR count). The molecule has 42 heavy (non-hydrogen) atoms. The maximum atomic E-state index is 12.8. The Labute approximate surface area is 258 Å². The standard InChI is InChI=1S/C39H60N2O/c1-27(2)22-30-16-17-31-23-33-32-14-12-13-19-39(32,35(31)29(30)4)20-21-41(33)26-38(10,11)37(8,9)25-40-34(42)18-15-28(3)24-36(5,6)7/h12,14,16-17,32-33H,1,3,13,15,18-26H2,2,4-11H3,(H,40,42). The van der Waals surface area contributed by atoms with Gasteiger partial charge in [0.25, 0.3) is 0 Å². The van der Waals surface area contributed by atoms with Crippen molar-refractivity contribution in [2.24, 2.45) is 22.2 Å². The summed E-state index contributed by atoms with van der Waals surface area (Å²) in [5.41, 5.74) is 9.15. The van der Waals surface area contributed by atoms with Crippen LogP contribution in [-0.2, 0) is 23.1 Å². The van der Waals surface area contributed by atoms with Crippen molar-refractivity contribution in [3.05, 3.63) is 70.8 Å². The first-order valence-corrected chi connectivity index (χ1v) is 16.6. The molecule has 2 bridgehead atoms. The van der Waals surface area contributed by atoms with Gasteiger partial charge in [-0.3, -0.25) is 9.69 Å². The summed E-state index contributed by atoms with van der Waals surface area (Å²) in [6.45, 7) is 32.0. The minimum absolute atomic E-state index is 0.0377. The largest absolute Gasteiger partial charge is 0.356 e. The summed E-state index contributed by atoms with van der Waals surface area (Å²) in [6, 6.07) is 5.37. The van der Waals surface area contributed by atoms with Crippen molar-refractivity contribution in [2.45, 2.75) is 125 Å². The summed E-state index contributed by atoms with van der Waals surface area (Å²) in [6.07, 6.45) is 13.1. The predicted octanol–water partition coefficient (Wildman–Crippen LogP) is 8.89. The van der Waals surface area contributed by atoms with Crippen molar-refractivity contribution < 1.29 is 4.79 Å². The number of amides is 1. The summed E-state index contributed by atoms with van der Waals surface area (Å²) in [5, 5.41) is 3.29. The summed E-state index contributed by atoms with van der Waals surface area (Å²) in [5.74, 6) is 0.723. The monoisotopic (exact) mass is 572 g/mol. The van der Waals surface area contributed by atoms with Gasteiger partial charge in [0.2, 0.25) is 5.91 Å². The smallest absolute Gasteiger partial charge is 0.220 e. The third-order valence-electron chi connectivity index (χ3n) is 11.2. The third kappa shape index (κ3) is 6.82. The molecule has 1 N–H and O–H groups in total. The van der Waals surface area contributed by atoms with Gasteiger partial charge in [0.05, 0.1) is 0 Å².